The van der Waals surface area contributed by atoms with E-state index in [2.05, 4.69) is 0 Å². The molecule has 20 heavy (non-hydrogen) atoms. The van der Waals surface area contributed by atoms with Crippen molar-refractivity contribution < 1.29 is 18.7 Å². The Morgan fingerprint density at radius 2 is 2.15 bits per heavy atom. The monoisotopic (exact) mass is 284 g/mol. The van der Waals surface area contributed by atoms with Crippen LogP contribution in [-0.2, 0) is 4.79 Å². The standard InChI is InChI=1S/C14H18F2N2O2/c1-17(2)8-14(20)18-7-10(19)6-13(18)11-5-9(15)3-4-12(11)16/h3-5,10,13,19H,6-8H2,1-2H3/t10-,13-/m1/s1. The Kier molecular flexibility index (Phi) is 4.35. The van der Waals surface area contributed by atoms with Gasteiger partial charge in [0.1, 0.15) is 11.6 Å². The van der Waals surface area contributed by atoms with Crippen LogP contribution in [0, 0.1) is 11.6 Å². The number of halogens is 2. The van der Waals surface area contributed by atoms with Crippen molar-refractivity contribution in [3.8, 4) is 0 Å². The van der Waals surface area contributed by atoms with Gasteiger partial charge in [-0.15, -0.1) is 0 Å². The third-order valence-corrected chi connectivity index (χ3v) is 3.37. The van der Waals surface area contributed by atoms with Crippen molar-refractivity contribution in [1.82, 2.24) is 9.80 Å². The van der Waals surface area contributed by atoms with Crippen molar-refractivity contribution in [2.45, 2.75) is 18.6 Å². The van der Waals surface area contributed by atoms with Crippen LogP contribution in [0.2, 0.25) is 0 Å². The predicted molar refractivity (Wildman–Crippen MR) is 70.0 cm³/mol. The van der Waals surface area contributed by atoms with E-state index in [1.165, 1.54) is 4.90 Å². The van der Waals surface area contributed by atoms with E-state index < -0.39 is 23.8 Å². The number of carbonyl (C=O) groups excluding carboxylic acids is 1. The second-order valence-electron chi connectivity index (χ2n) is 5.36. The molecule has 1 heterocycles. The van der Waals surface area contributed by atoms with E-state index in [0.29, 0.717) is 0 Å². The zero-order valence-corrected chi connectivity index (χ0v) is 11.5. The average Bonchev–Trinajstić information content (AvgIpc) is 2.73. The lowest BCUT2D eigenvalue weighted by Gasteiger charge is -2.26. The Morgan fingerprint density at radius 3 is 2.80 bits per heavy atom. The molecule has 1 fully saturated rings. The van der Waals surface area contributed by atoms with E-state index in [1.54, 1.807) is 19.0 Å². The van der Waals surface area contributed by atoms with Crippen molar-refractivity contribution >= 4 is 5.91 Å². The first-order valence-electron chi connectivity index (χ1n) is 6.45. The molecule has 6 heteroatoms. The number of amides is 1. The van der Waals surface area contributed by atoms with Crippen LogP contribution in [0.25, 0.3) is 0 Å². The largest absolute Gasteiger partial charge is 0.391 e. The highest BCUT2D eigenvalue weighted by Gasteiger charge is 2.36. The van der Waals surface area contributed by atoms with Crippen LogP contribution < -0.4 is 0 Å². The van der Waals surface area contributed by atoms with Gasteiger partial charge in [0.25, 0.3) is 0 Å². The third-order valence-electron chi connectivity index (χ3n) is 3.37. The quantitative estimate of drug-likeness (QED) is 0.906. The molecule has 0 aromatic heterocycles. The molecule has 1 aromatic carbocycles. The molecule has 4 nitrogen and oxygen atoms in total. The van der Waals surface area contributed by atoms with Gasteiger partial charge >= 0.3 is 0 Å². The summed E-state index contributed by atoms with van der Waals surface area (Å²) in [4.78, 5) is 15.3. The molecule has 110 valence electrons. The molecule has 0 bridgehead atoms. The number of likely N-dealkylation sites (tertiary alicyclic amines) is 1. The fraction of sp³-hybridized carbons (Fsp3) is 0.500. The van der Waals surface area contributed by atoms with Gasteiger partial charge in [-0.1, -0.05) is 0 Å². The average molecular weight is 284 g/mol. The fourth-order valence-electron chi connectivity index (χ4n) is 2.52. The lowest BCUT2D eigenvalue weighted by atomic mass is 10.0. The van der Waals surface area contributed by atoms with Crippen molar-refractivity contribution in [3.63, 3.8) is 0 Å². The number of β-amino-alcohol motifs (C(OH)–C–C–N with tert-alkyl or cyclic N) is 1. The molecule has 1 amide bonds. The summed E-state index contributed by atoms with van der Waals surface area (Å²) in [6, 6.07) is 2.56. The minimum absolute atomic E-state index is 0.119. The molecule has 2 atom stereocenters. The maximum absolute atomic E-state index is 13.9. The molecular formula is C14H18F2N2O2. The topological polar surface area (TPSA) is 43.8 Å². The zero-order chi connectivity index (χ0) is 14.9. The molecule has 1 saturated heterocycles. The number of aliphatic hydroxyl groups excluding tert-OH is 1. The second-order valence-corrected chi connectivity index (χ2v) is 5.36. The van der Waals surface area contributed by atoms with Crippen LogP contribution >= 0.6 is 0 Å². The van der Waals surface area contributed by atoms with Crippen LogP contribution in [0.1, 0.15) is 18.0 Å². The van der Waals surface area contributed by atoms with Crippen LogP contribution in [0.15, 0.2) is 18.2 Å². The Hall–Kier alpha value is -1.53. The molecule has 1 aliphatic rings. The Bertz CT molecular complexity index is 508. The molecular weight excluding hydrogens is 266 g/mol. The van der Waals surface area contributed by atoms with Gasteiger partial charge in [-0.2, -0.15) is 0 Å². The van der Waals surface area contributed by atoms with E-state index in [-0.39, 0.29) is 31.0 Å². The van der Waals surface area contributed by atoms with Gasteiger partial charge in [0.15, 0.2) is 0 Å². The highest BCUT2D eigenvalue weighted by atomic mass is 19.1. The molecule has 1 aromatic rings. The molecule has 2 rings (SSSR count). The zero-order valence-electron chi connectivity index (χ0n) is 11.5. The number of hydrogen-bond acceptors (Lipinski definition) is 3. The predicted octanol–water partition coefficient (Wildman–Crippen LogP) is 1.16. The first kappa shape index (κ1) is 14.9. The van der Waals surface area contributed by atoms with Crippen LogP contribution in [0.4, 0.5) is 8.78 Å². The van der Waals surface area contributed by atoms with Crippen molar-refractivity contribution in [2.24, 2.45) is 0 Å². The van der Waals surface area contributed by atoms with Crippen molar-refractivity contribution in [1.29, 1.82) is 0 Å². The van der Waals surface area contributed by atoms with Gasteiger partial charge in [-0.3, -0.25) is 4.79 Å². The minimum Gasteiger partial charge on any atom is -0.391 e. The normalized spacial score (nSPS) is 22.6. The molecule has 0 spiro atoms. The number of rotatable bonds is 3. The molecule has 0 unspecified atom stereocenters. The highest BCUT2D eigenvalue weighted by molar-refractivity contribution is 5.79. The van der Waals surface area contributed by atoms with Gasteiger partial charge < -0.3 is 14.9 Å². The maximum atomic E-state index is 13.9. The number of benzene rings is 1. The highest BCUT2D eigenvalue weighted by Crippen LogP contribution is 2.34. The SMILES string of the molecule is CN(C)CC(=O)N1C[C@H](O)C[C@@H]1c1cc(F)ccc1F. The molecule has 1 aliphatic heterocycles. The Balaban J connectivity index is 2.28. The van der Waals surface area contributed by atoms with E-state index >= 15 is 0 Å². The van der Waals surface area contributed by atoms with Gasteiger partial charge in [-0.25, -0.2) is 8.78 Å². The minimum atomic E-state index is -0.714. The Labute approximate surface area is 116 Å². The smallest absolute Gasteiger partial charge is 0.237 e. The van der Waals surface area contributed by atoms with Crippen LogP contribution in [-0.4, -0.2) is 54.1 Å². The van der Waals surface area contributed by atoms with E-state index in [4.69, 9.17) is 0 Å². The number of aliphatic hydroxyl groups is 1. The summed E-state index contributed by atoms with van der Waals surface area (Å²) in [5, 5.41) is 9.75. The van der Waals surface area contributed by atoms with Gasteiger partial charge in [0.05, 0.1) is 18.7 Å². The number of nitrogens with zero attached hydrogens (tertiary/aromatic N) is 2. The first-order valence-corrected chi connectivity index (χ1v) is 6.45. The summed E-state index contributed by atoms with van der Waals surface area (Å²) in [7, 11) is 3.50. The van der Waals surface area contributed by atoms with Gasteiger partial charge in [0.2, 0.25) is 5.91 Å². The van der Waals surface area contributed by atoms with E-state index in [1.807, 2.05) is 0 Å². The first-order chi connectivity index (χ1) is 9.38. The van der Waals surface area contributed by atoms with Crippen LogP contribution in [0.5, 0.6) is 0 Å². The summed E-state index contributed by atoms with van der Waals surface area (Å²) in [5.74, 6) is -1.32. The number of carbonyl (C=O) groups is 1. The lowest BCUT2D eigenvalue weighted by Crippen LogP contribution is -2.38. The van der Waals surface area contributed by atoms with Crippen molar-refractivity contribution in [3.05, 3.63) is 35.4 Å². The fourth-order valence-corrected chi connectivity index (χ4v) is 2.52. The maximum Gasteiger partial charge on any atom is 0.237 e. The number of hydrogen-bond donors (Lipinski definition) is 1. The molecule has 0 radical (unpaired) electrons. The van der Waals surface area contributed by atoms with E-state index in [9.17, 15) is 18.7 Å². The van der Waals surface area contributed by atoms with E-state index in [0.717, 1.165) is 18.2 Å². The third kappa shape index (κ3) is 3.13. The van der Waals surface area contributed by atoms with Crippen LogP contribution in [0.3, 0.4) is 0 Å². The molecule has 1 N–H and O–H groups in total. The molecule has 0 aliphatic carbocycles. The van der Waals surface area contributed by atoms with Gasteiger partial charge in [0, 0.05) is 12.1 Å². The molecule has 0 saturated carbocycles. The summed E-state index contributed by atoms with van der Waals surface area (Å²) in [5.41, 5.74) is 0.119. The second kappa shape index (κ2) is 5.85. The summed E-state index contributed by atoms with van der Waals surface area (Å²) in [6.07, 6.45) is -0.492. The lowest BCUT2D eigenvalue weighted by molar-refractivity contribution is -0.133. The summed E-state index contributed by atoms with van der Waals surface area (Å²) in [6.45, 7) is 0.313. The van der Waals surface area contributed by atoms with Crippen molar-refractivity contribution in [2.75, 3.05) is 27.2 Å². The number of likely N-dealkylation sites (N-methyl/N-ethyl adjacent to an activating group) is 1. The summed E-state index contributed by atoms with van der Waals surface area (Å²) >= 11 is 0. The Morgan fingerprint density at radius 1 is 1.45 bits per heavy atom. The summed E-state index contributed by atoms with van der Waals surface area (Å²) < 4.78 is 27.1. The van der Waals surface area contributed by atoms with Gasteiger partial charge in [-0.05, 0) is 38.7 Å².